The van der Waals surface area contributed by atoms with Crippen LogP contribution in [0.4, 0.5) is 0 Å². The third-order valence-electron chi connectivity index (χ3n) is 4.54. The van der Waals surface area contributed by atoms with E-state index in [-0.39, 0.29) is 5.91 Å². The third kappa shape index (κ3) is 4.45. The van der Waals surface area contributed by atoms with E-state index in [9.17, 15) is 4.79 Å². The molecule has 1 atom stereocenters. The lowest BCUT2D eigenvalue weighted by molar-refractivity contribution is 0.0633. The van der Waals surface area contributed by atoms with Crippen molar-refractivity contribution in [1.29, 1.82) is 0 Å². The normalized spacial score (nSPS) is 16.8. The standard InChI is InChI=1S/C20H24N2O4/c1-24-17-5-7-18(8-6-17)26-14-15-4-3-11-22(13-15)20(23)16-9-10-21-19(12-16)25-2/h5-10,12,15H,3-4,11,13-14H2,1-2H3. The van der Waals surface area contributed by atoms with Crippen LogP contribution in [0.3, 0.4) is 0 Å². The number of piperidine rings is 1. The zero-order valence-electron chi connectivity index (χ0n) is 15.2. The lowest BCUT2D eigenvalue weighted by Crippen LogP contribution is -2.41. The predicted molar refractivity (Wildman–Crippen MR) is 97.9 cm³/mol. The molecule has 1 aromatic heterocycles. The number of hydrogen-bond donors (Lipinski definition) is 0. The zero-order valence-corrected chi connectivity index (χ0v) is 15.2. The van der Waals surface area contributed by atoms with Gasteiger partial charge in [-0.1, -0.05) is 0 Å². The molecule has 1 fully saturated rings. The van der Waals surface area contributed by atoms with Crippen molar-refractivity contribution in [2.24, 2.45) is 5.92 Å². The molecule has 6 nitrogen and oxygen atoms in total. The van der Waals surface area contributed by atoms with E-state index in [0.29, 0.717) is 30.5 Å². The first kappa shape index (κ1) is 18.0. The van der Waals surface area contributed by atoms with Crippen molar-refractivity contribution in [3.05, 3.63) is 48.2 Å². The van der Waals surface area contributed by atoms with Gasteiger partial charge in [0.15, 0.2) is 0 Å². The fourth-order valence-electron chi connectivity index (χ4n) is 3.11. The Morgan fingerprint density at radius 2 is 1.92 bits per heavy atom. The maximum atomic E-state index is 12.7. The molecule has 0 radical (unpaired) electrons. The molecule has 1 saturated heterocycles. The molecule has 2 aromatic rings. The first-order chi connectivity index (χ1) is 12.7. The number of nitrogens with zero attached hydrogens (tertiary/aromatic N) is 2. The minimum Gasteiger partial charge on any atom is -0.497 e. The molecule has 1 aliphatic heterocycles. The summed E-state index contributed by atoms with van der Waals surface area (Å²) in [5.74, 6) is 2.40. The summed E-state index contributed by atoms with van der Waals surface area (Å²) in [6, 6.07) is 11.0. The van der Waals surface area contributed by atoms with Crippen LogP contribution in [0.2, 0.25) is 0 Å². The van der Waals surface area contributed by atoms with E-state index in [4.69, 9.17) is 14.2 Å². The molecule has 1 aliphatic rings. The lowest BCUT2D eigenvalue weighted by atomic mass is 9.98. The van der Waals surface area contributed by atoms with E-state index in [2.05, 4.69) is 4.98 Å². The Labute approximate surface area is 153 Å². The monoisotopic (exact) mass is 356 g/mol. The molecule has 0 aliphatic carbocycles. The van der Waals surface area contributed by atoms with Gasteiger partial charge in [-0.05, 0) is 43.2 Å². The minimum atomic E-state index is 0.0137. The molecule has 0 N–H and O–H groups in total. The fraction of sp³-hybridized carbons (Fsp3) is 0.400. The van der Waals surface area contributed by atoms with Crippen LogP contribution in [0.5, 0.6) is 17.4 Å². The van der Waals surface area contributed by atoms with Crippen LogP contribution in [0.1, 0.15) is 23.2 Å². The van der Waals surface area contributed by atoms with Crippen LogP contribution < -0.4 is 14.2 Å². The summed E-state index contributed by atoms with van der Waals surface area (Å²) in [7, 11) is 3.19. The number of benzene rings is 1. The third-order valence-corrected chi connectivity index (χ3v) is 4.54. The van der Waals surface area contributed by atoms with Gasteiger partial charge in [0.1, 0.15) is 11.5 Å². The molecule has 1 unspecified atom stereocenters. The van der Waals surface area contributed by atoms with Gasteiger partial charge in [0.25, 0.3) is 5.91 Å². The Morgan fingerprint density at radius 1 is 1.15 bits per heavy atom. The molecule has 0 saturated carbocycles. The SMILES string of the molecule is COc1ccc(OCC2CCCN(C(=O)c3ccnc(OC)c3)C2)cc1. The highest BCUT2D eigenvalue weighted by molar-refractivity contribution is 5.94. The van der Waals surface area contributed by atoms with Crippen molar-refractivity contribution in [2.45, 2.75) is 12.8 Å². The number of ether oxygens (including phenoxy) is 3. The molecular formula is C20H24N2O4. The number of aromatic nitrogens is 1. The zero-order chi connectivity index (χ0) is 18.4. The van der Waals surface area contributed by atoms with E-state index in [1.165, 1.54) is 0 Å². The summed E-state index contributed by atoms with van der Waals surface area (Å²) in [5, 5.41) is 0. The van der Waals surface area contributed by atoms with Crippen molar-refractivity contribution >= 4 is 5.91 Å². The highest BCUT2D eigenvalue weighted by atomic mass is 16.5. The van der Waals surface area contributed by atoms with Gasteiger partial charge in [-0.15, -0.1) is 0 Å². The van der Waals surface area contributed by atoms with Crippen LogP contribution in [0.25, 0.3) is 0 Å². The summed E-state index contributed by atoms with van der Waals surface area (Å²) in [6.07, 6.45) is 3.63. The Hall–Kier alpha value is -2.76. The van der Waals surface area contributed by atoms with Gasteiger partial charge < -0.3 is 19.1 Å². The molecule has 1 amide bonds. The van der Waals surface area contributed by atoms with E-state index in [1.54, 1.807) is 32.5 Å². The number of amides is 1. The quantitative estimate of drug-likeness (QED) is 0.796. The molecule has 0 spiro atoms. The minimum absolute atomic E-state index is 0.0137. The van der Waals surface area contributed by atoms with Crippen LogP contribution in [0, 0.1) is 5.92 Å². The van der Waals surface area contributed by atoms with Crippen molar-refractivity contribution in [3.63, 3.8) is 0 Å². The summed E-state index contributed by atoms with van der Waals surface area (Å²) in [4.78, 5) is 18.7. The van der Waals surface area contributed by atoms with Crippen LogP contribution in [-0.4, -0.2) is 49.7 Å². The molecule has 2 heterocycles. The Balaban J connectivity index is 1.56. The van der Waals surface area contributed by atoms with Crippen LogP contribution in [-0.2, 0) is 0 Å². The summed E-state index contributed by atoms with van der Waals surface area (Å²) >= 11 is 0. The van der Waals surface area contributed by atoms with Crippen molar-refractivity contribution < 1.29 is 19.0 Å². The molecule has 138 valence electrons. The topological polar surface area (TPSA) is 60.9 Å². The van der Waals surface area contributed by atoms with Crippen molar-refractivity contribution in [2.75, 3.05) is 33.9 Å². The molecule has 6 heteroatoms. The number of likely N-dealkylation sites (tertiary alicyclic amines) is 1. The van der Waals surface area contributed by atoms with Gasteiger partial charge >= 0.3 is 0 Å². The van der Waals surface area contributed by atoms with Gasteiger partial charge in [0.2, 0.25) is 5.88 Å². The van der Waals surface area contributed by atoms with Gasteiger partial charge in [-0.3, -0.25) is 4.79 Å². The molecule has 1 aromatic carbocycles. The summed E-state index contributed by atoms with van der Waals surface area (Å²) in [5.41, 5.74) is 0.605. The van der Waals surface area contributed by atoms with E-state index < -0.39 is 0 Å². The molecule has 26 heavy (non-hydrogen) atoms. The van der Waals surface area contributed by atoms with Crippen LogP contribution in [0.15, 0.2) is 42.6 Å². The molecule has 3 rings (SSSR count). The number of carbonyl (C=O) groups excluding carboxylic acids is 1. The summed E-state index contributed by atoms with van der Waals surface area (Å²) in [6.45, 7) is 2.05. The second-order valence-electron chi connectivity index (χ2n) is 6.33. The second kappa shape index (κ2) is 8.56. The highest BCUT2D eigenvalue weighted by Crippen LogP contribution is 2.22. The van der Waals surface area contributed by atoms with Gasteiger partial charge in [-0.25, -0.2) is 4.98 Å². The average molecular weight is 356 g/mol. The maximum absolute atomic E-state index is 12.7. The predicted octanol–water partition coefficient (Wildman–Crippen LogP) is 3.03. The van der Waals surface area contributed by atoms with Gasteiger partial charge in [0.05, 0.1) is 20.8 Å². The number of hydrogen-bond acceptors (Lipinski definition) is 5. The smallest absolute Gasteiger partial charge is 0.254 e. The van der Waals surface area contributed by atoms with Gasteiger partial charge in [-0.2, -0.15) is 0 Å². The maximum Gasteiger partial charge on any atom is 0.254 e. The Kier molecular flexibility index (Phi) is 5.94. The second-order valence-corrected chi connectivity index (χ2v) is 6.33. The average Bonchev–Trinajstić information content (AvgIpc) is 2.72. The first-order valence-electron chi connectivity index (χ1n) is 8.76. The number of rotatable bonds is 6. The first-order valence-corrected chi connectivity index (χ1v) is 8.76. The lowest BCUT2D eigenvalue weighted by Gasteiger charge is -2.32. The number of pyridine rings is 1. The van der Waals surface area contributed by atoms with Gasteiger partial charge in [0, 0.05) is 36.8 Å². The van der Waals surface area contributed by atoms with E-state index >= 15 is 0 Å². The number of carbonyl (C=O) groups is 1. The Morgan fingerprint density at radius 3 is 2.65 bits per heavy atom. The fourth-order valence-corrected chi connectivity index (χ4v) is 3.11. The largest absolute Gasteiger partial charge is 0.497 e. The van der Waals surface area contributed by atoms with Crippen molar-refractivity contribution in [3.8, 4) is 17.4 Å². The highest BCUT2D eigenvalue weighted by Gasteiger charge is 2.25. The van der Waals surface area contributed by atoms with Crippen molar-refractivity contribution in [1.82, 2.24) is 9.88 Å². The Bertz CT molecular complexity index is 733. The van der Waals surface area contributed by atoms with E-state index in [0.717, 1.165) is 30.9 Å². The van der Waals surface area contributed by atoms with Crippen LogP contribution >= 0.6 is 0 Å². The molecule has 0 bridgehead atoms. The summed E-state index contributed by atoms with van der Waals surface area (Å²) < 4.78 is 16.1. The number of methoxy groups -OCH3 is 2. The van der Waals surface area contributed by atoms with E-state index in [1.807, 2.05) is 29.2 Å². The molecular weight excluding hydrogens is 332 g/mol.